The van der Waals surface area contributed by atoms with Crippen LogP contribution in [0.3, 0.4) is 0 Å². The number of rotatable bonds is 6. The van der Waals surface area contributed by atoms with Crippen LogP contribution in [0.25, 0.3) is 0 Å². The van der Waals surface area contributed by atoms with E-state index in [1.807, 2.05) is 12.1 Å². The molecule has 114 valence electrons. The molecule has 1 aliphatic rings. The number of halogens is 1. The second-order valence-corrected chi connectivity index (χ2v) is 5.54. The lowest BCUT2D eigenvalue weighted by Gasteiger charge is -2.35. The molecule has 1 aliphatic heterocycles. The van der Waals surface area contributed by atoms with Crippen LogP contribution in [0, 0.1) is 10.1 Å². The van der Waals surface area contributed by atoms with Crippen molar-refractivity contribution in [3.63, 3.8) is 0 Å². The molecule has 6 heteroatoms. The van der Waals surface area contributed by atoms with E-state index in [9.17, 15) is 10.1 Å². The Kier molecular flexibility index (Phi) is 5.73. The molecular formula is C15H20ClN3O2. The van der Waals surface area contributed by atoms with Crippen LogP contribution in [0.15, 0.2) is 30.9 Å². The molecule has 0 amide bonds. The predicted molar refractivity (Wildman–Crippen MR) is 84.7 cm³/mol. The minimum atomic E-state index is -0.422. The zero-order chi connectivity index (χ0) is 15.2. The van der Waals surface area contributed by atoms with Gasteiger partial charge in [0.2, 0.25) is 0 Å². The van der Waals surface area contributed by atoms with Crippen LogP contribution in [0.5, 0.6) is 0 Å². The van der Waals surface area contributed by atoms with Gasteiger partial charge in [0.1, 0.15) is 5.02 Å². The standard InChI is InChI=1S/C15H20ClN3O2/c1-2-3-4-14(18-9-7-17-8-10-18)12-5-6-13(16)15(11-12)19(20)21/h2,5-6,11,14,17H,1,3-4,7-10H2/t14-/m0/s1. The van der Waals surface area contributed by atoms with E-state index in [1.54, 1.807) is 12.1 Å². The summed E-state index contributed by atoms with van der Waals surface area (Å²) in [6, 6.07) is 5.29. The molecule has 0 bridgehead atoms. The van der Waals surface area contributed by atoms with Gasteiger partial charge in [-0.2, -0.15) is 0 Å². The largest absolute Gasteiger partial charge is 0.314 e. The number of benzene rings is 1. The van der Waals surface area contributed by atoms with Crippen LogP contribution in [-0.4, -0.2) is 36.0 Å². The van der Waals surface area contributed by atoms with Crippen LogP contribution in [0.2, 0.25) is 5.02 Å². The minimum Gasteiger partial charge on any atom is -0.314 e. The van der Waals surface area contributed by atoms with Crippen LogP contribution in [0.4, 0.5) is 5.69 Å². The number of hydrogen-bond donors (Lipinski definition) is 1. The summed E-state index contributed by atoms with van der Waals surface area (Å²) >= 11 is 5.90. The molecule has 5 nitrogen and oxygen atoms in total. The topological polar surface area (TPSA) is 58.4 Å². The highest BCUT2D eigenvalue weighted by Crippen LogP contribution is 2.32. The Labute approximate surface area is 129 Å². The first-order valence-corrected chi connectivity index (χ1v) is 7.50. The zero-order valence-electron chi connectivity index (χ0n) is 11.9. The molecule has 1 heterocycles. The Bertz CT molecular complexity index is 516. The molecule has 1 fully saturated rings. The van der Waals surface area contributed by atoms with Crippen molar-refractivity contribution in [3.05, 3.63) is 51.6 Å². The fraction of sp³-hybridized carbons (Fsp3) is 0.467. The summed E-state index contributed by atoms with van der Waals surface area (Å²) in [4.78, 5) is 13.0. The van der Waals surface area contributed by atoms with Crippen LogP contribution in [0.1, 0.15) is 24.4 Å². The lowest BCUT2D eigenvalue weighted by molar-refractivity contribution is -0.384. The van der Waals surface area contributed by atoms with Crippen molar-refractivity contribution < 1.29 is 4.92 Å². The van der Waals surface area contributed by atoms with Gasteiger partial charge in [0.15, 0.2) is 0 Å². The van der Waals surface area contributed by atoms with E-state index in [1.165, 1.54) is 0 Å². The quantitative estimate of drug-likeness (QED) is 0.498. The second kappa shape index (κ2) is 7.54. The predicted octanol–water partition coefficient (Wildman–Crippen LogP) is 3.16. The molecule has 1 aromatic rings. The number of nitrogens with one attached hydrogen (secondary N) is 1. The van der Waals surface area contributed by atoms with Gasteiger partial charge in [-0.05, 0) is 24.5 Å². The summed E-state index contributed by atoms with van der Waals surface area (Å²) in [5.41, 5.74) is 0.933. The van der Waals surface area contributed by atoms with E-state index < -0.39 is 4.92 Å². The molecule has 0 unspecified atom stereocenters. The number of nitrogens with zero attached hydrogens (tertiary/aromatic N) is 2. The third-order valence-electron chi connectivity index (χ3n) is 3.79. The summed E-state index contributed by atoms with van der Waals surface area (Å²) in [5.74, 6) is 0. The highest BCUT2D eigenvalue weighted by molar-refractivity contribution is 6.32. The molecule has 21 heavy (non-hydrogen) atoms. The fourth-order valence-electron chi connectivity index (χ4n) is 2.71. The van der Waals surface area contributed by atoms with Crippen molar-refractivity contribution in [2.75, 3.05) is 26.2 Å². The highest BCUT2D eigenvalue weighted by atomic mass is 35.5. The maximum atomic E-state index is 11.1. The molecule has 1 saturated heterocycles. The van der Waals surface area contributed by atoms with Crippen molar-refractivity contribution >= 4 is 17.3 Å². The fourth-order valence-corrected chi connectivity index (χ4v) is 2.89. The van der Waals surface area contributed by atoms with Gasteiger partial charge in [-0.3, -0.25) is 15.0 Å². The normalized spacial score (nSPS) is 17.4. The number of nitro benzene ring substituents is 1. The maximum absolute atomic E-state index is 11.1. The Balaban J connectivity index is 2.28. The molecule has 0 radical (unpaired) electrons. The molecule has 1 atom stereocenters. The smallest absolute Gasteiger partial charge is 0.288 e. The van der Waals surface area contributed by atoms with Crippen molar-refractivity contribution in [2.24, 2.45) is 0 Å². The van der Waals surface area contributed by atoms with Crippen LogP contribution >= 0.6 is 11.6 Å². The highest BCUT2D eigenvalue weighted by Gasteiger charge is 2.24. The number of nitro groups is 1. The summed E-state index contributed by atoms with van der Waals surface area (Å²) in [5, 5.41) is 14.6. The van der Waals surface area contributed by atoms with Gasteiger partial charge in [-0.1, -0.05) is 23.7 Å². The molecule has 1 N–H and O–H groups in total. The van der Waals surface area contributed by atoms with Crippen molar-refractivity contribution in [1.29, 1.82) is 0 Å². The van der Waals surface area contributed by atoms with Crippen LogP contribution in [-0.2, 0) is 0 Å². The first-order valence-electron chi connectivity index (χ1n) is 7.13. The van der Waals surface area contributed by atoms with Gasteiger partial charge in [0.25, 0.3) is 5.69 Å². The molecule has 1 aromatic carbocycles. The summed E-state index contributed by atoms with van der Waals surface area (Å²) in [6.45, 7) is 7.55. The summed E-state index contributed by atoms with van der Waals surface area (Å²) in [7, 11) is 0. The van der Waals surface area contributed by atoms with Gasteiger partial charge in [0.05, 0.1) is 4.92 Å². The van der Waals surface area contributed by atoms with Gasteiger partial charge in [-0.25, -0.2) is 0 Å². The first-order chi connectivity index (χ1) is 10.1. The maximum Gasteiger partial charge on any atom is 0.288 e. The number of hydrogen-bond acceptors (Lipinski definition) is 4. The minimum absolute atomic E-state index is 0.0205. The number of allylic oxidation sites excluding steroid dienone is 1. The Morgan fingerprint density at radius 2 is 2.19 bits per heavy atom. The molecule has 0 spiro atoms. The second-order valence-electron chi connectivity index (χ2n) is 5.14. The third kappa shape index (κ3) is 4.03. The van der Waals surface area contributed by atoms with Crippen LogP contribution < -0.4 is 5.32 Å². The average Bonchev–Trinajstić information content (AvgIpc) is 2.50. The van der Waals surface area contributed by atoms with E-state index in [0.717, 1.165) is 44.6 Å². The van der Waals surface area contributed by atoms with E-state index in [2.05, 4.69) is 16.8 Å². The summed E-state index contributed by atoms with van der Waals surface area (Å²) < 4.78 is 0. The van der Waals surface area contributed by atoms with Gasteiger partial charge < -0.3 is 5.32 Å². The van der Waals surface area contributed by atoms with E-state index in [4.69, 9.17) is 11.6 Å². The van der Waals surface area contributed by atoms with E-state index >= 15 is 0 Å². The van der Waals surface area contributed by atoms with Gasteiger partial charge in [-0.15, -0.1) is 6.58 Å². The monoisotopic (exact) mass is 309 g/mol. The third-order valence-corrected chi connectivity index (χ3v) is 4.11. The van der Waals surface area contributed by atoms with E-state index in [-0.39, 0.29) is 16.8 Å². The lowest BCUT2D eigenvalue weighted by atomic mass is 9.99. The van der Waals surface area contributed by atoms with Crippen molar-refractivity contribution in [1.82, 2.24) is 10.2 Å². The average molecular weight is 310 g/mol. The van der Waals surface area contributed by atoms with Crippen molar-refractivity contribution in [2.45, 2.75) is 18.9 Å². The first kappa shape index (κ1) is 15.9. The molecular weight excluding hydrogens is 290 g/mol. The van der Waals surface area contributed by atoms with E-state index in [0.29, 0.717) is 0 Å². The molecule has 2 rings (SSSR count). The molecule has 0 aliphatic carbocycles. The summed E-state index contributed by atoms with van der Waals surface area (Å²) in [6.07, 6.45) is 3.67. The van der Waals surface area contributed by atoms with Gasteiger partial charge >= 0.3 is 0 Å². The zero-order valence-corrected chi connectivity index (χ0v) is 12.7. The Morgan fingerprint density at radius 3 is 2.81 bits per heavy atom. The molecule has 0 saturated carbocycles. The SMILES string of the molecule is C=CCC[C@@H](c1ccc(Cl)c([N+](=O)[O-])c1)N1CCNCC1. The Hall–Kier alpha value is -1.43. The lowest BCUT2D eigenvalue weighted by Crippen LogP contribution is -2.45. The molecule has 0 aromatic heterocycles. The number of piperazine rings is 1. The van der Waals surface area contributed by atoms with Gasteiger partial charge in [0, 0.05) is 38.3 Å². The Morgan fingerprint density at radius 1 is 1.48 bits per heavy atom. The van der Waals surface area contributed by atoms with Crippen molar-refractivity contribution in [3.8, 4) is 0 Å².